The highest BCUT2D eigenvalue weighted by Gasteiger charge is 2.38. The maximum absolute atomic E-state index is 13.1. The maximum atomic E-state index is 13.1. The van der Waals surface area contributed by atoms with E-state index in [2.05, 4.69) is 23.3 Å². The molecule has 1 aromatic rings. The third kappa shape index (κ3) is 7.10. The van der Waals surface area contributed by atoms with Gasteiger partial charge in [0.05, 0.1) is 6.04 Å². The number of phenolic OH excluding ortho intramolecular Hbond substituents is 1. The fraction of sp³-hybridized carbons (Fsp3) is 0.565. The number of benzene rings is 1. The average Bonchev–Trinajstić information content (AvgIpc) is 3.31. The first-order chi connectivity index (χ1) is 16.1. The minimum Gasteiger partial charge on any atom is -0.508 e. The Morgan fingerprint density at radius 2 is 1.85 bits per heavy atom. The molecule has 1 saturated heterocycles. The summed E-state index contributed by atoms with van der Waals surface area (Å²) in [7, 11) is 0. The number of hydrogen-bond acceptors (Lipinski definition) is 7. The summed E-state index contributed by atoms with van der Waals surface area (Å²) in [5, 5.41) is 24.3. The number of carbonyl (C=O) groups is 4. The number of nitrogens with zero attached hydrogens (tertiary/aromatic N) is 1. The Morgan fingerprint density at radius 1 is 1.21 bits per heavy atom. The molecule has 34 heavy (non-hydrogen) atoms. The summed E-state index contributed by atoms with van der Waals surface area (Å²) in [4.78, 5) is 51.9. The van der Waals surface area contributed by atoms with Crippen LogP contribution < -0.4 is 16.4 Å². The molecule has 10 nitrogen and oxygen atoms in total. The minimum atomic E-state index is -1.22. The van der Waals surface area contributed by atoms with E-state index in [4.69, 9.17) is 5.73 Å². The SMILES string of the molecule is CCC(C)C(NC(=O)C1CCCN1C(=O)C(N)CS)C(=O)NC(Cc1ccc(O)cc1)C(=O)O. The van der Waals surface area contributed by atoms with Gasteiger partial charge in [0.2, 0.25) is 17.7 Å². The second-order valence-electron chi connectivity index (χ2n) is 8.62. The molecule has 0 aliphatic carbocycles. The molecule has 3 amide bonds. The Bertz CT molecular complexity index is 881. The number of carbonyl (C=O) groups excluding carboxylic acids is 3. The van der Waals surface area contributed by atoms with Crippen molar-refractivity contribution in [3.05, 3.63) is 29.8 Å². The predicted octanol–water partition coefficient (Wildman–Crippen LogP) is 0.283. The van der Waals surface area contributed by atoms with Crippen molar-refractivity contribution >= 4 is 36.3 Å². The molecule has 1 aliphatic heterocycles. The molecule has 1 fully saturated rings. The number of likely N-dealkylation sites (tertiary alicyclic amines) is 1. The lowest BCUT2D eigenvalue weighted by Gasteiger charge is -2.30. The Hall–Kier alpha value is -2.79. The minimum absolute atomic E-state index is 0.00897. The second-order valence-corrected chi connectivity index (χ2v) is 8.99. The topological polar surface area (TPSA) is 162 Å². The number of aliphatic carboxylic acids is 1. The van der Waals surface area contributed by atoms with Crippen LogP contribution >= 0.6 is 12.6 Å². The van der Waals surface area contributed by atoms with Crippen LogP contribution in [0.1, 0.15) is 38.7 Å². The standard InChI is InChI=1S/C23H34N4O6S/c1-3-13(2)19(26-20(29)18-5-4-10-27(18)22(31)16(24)12-34)21(30)25-17(23(32)33)11-14-6-8-15(28)9-7-14/h6-9,13,16-19,28,34H,3-5,10-12,24H2,1-2H3,(H,25,30)(H,26,29)(H,32,33). The van der Waals surface area contributed by atoms with Gasteiger partial charge in [0.25, 0.3) is 0 Å². The van der Waals surface area contributed by atoms with E-state index in [0.29, 0.717) is 31.4 Å². The average molecular weight is 495 g/mol. The number of thiol groups is 1. The molecule has 1 heterocycles. The molecule has 0 saturated carbocycles. The molecule has 188 valence electrons. The van der Waals surface area contributed by atoms with Gasteiger partial charge < -0.3 is 31.5 Å². The summed E-state index contributed by atoms with van der Waals surface area (Å²) in [6.45, 7) is 4.04. The van der Waals surface area contributed by atoms with Crippen LogP contribution in [0.25, 0.3) is 0 Å². The molecule has 2 rings (SSSR count). The molecule has 5 atom stereocenters. The fourth-order valence-corrected chi connectivity index (χ4v) is 4.03. The van der Waals surface area contributed by atoms with Crippen LogP contribution in [0.3, 0.4) is 0 Å². The van der Waals surface area contributed by atoms with E-state index in [1.54, 1.807) is 19.1 Å². The lowest BCUT2D eigenvalue weighted by Crippen LogP contribution is -2.58. The smallest absolute Gasteiger partial charge is 0.326 e. The lowest BCUT2D eigenvalue weighted by molar-refractivity contribution is -0.143. The zero-order valence-corrected chi connectivity index (χ0v) is 20.3. The molecule has 6 N–H and O–H groups in total. The monoisotopic (exact) mass is 494 g/mol. The number of nitrogens with one attached hydrogen (secondary N) is 2. The summed E-state index contributed by atoms with van der Waals surface area (Å²) in [6.07, 6.45) is 1.66. The fourth-order valence-electron chi connectivity index (χ4n) is 3.87. The maximum Gasteiger partial charge on any atom is 0.326 e. The Kier molecular flexibility index (Phi) is 10.2. The normalized spacial score (nSPS) is 19.1. The zero-order valence-electron chi connectivity index (χ0n) is 19.4. The number of rotatable bonds is 11. The van der Waals surface area contributed by atoms with Gasteiger partial charge in [-0.2, -0.15) is 12.6 Å². The summed E-state index contributed by atoms with van der Waals surface area (Å²) in [5.74, 6) is -2.74. The molecule has 1 aromatic carbocycles. The van der Waals surface area contributed by atoms with Gasteiger partial charge >= 0.3 is 5.97 Å². The Balaban J connectivity index is 2.13. The van der Waals surface area contributed by atoms with Crippen molar-refractivity contribution in [2.75, 3.05) is 12.3 Å². The quantitative estimate of drug-likeness (QED) is 0.241. The van der Waals surface area contributed by atoms with Crippen molar-refractivity contribution in [2.24, 2.45) is 11.7 Å². The summed E-state index contributed by atoms with van der Waals surface area (Å²) >= 11 is 4.05. The summed E-state index contributed by atoms with van der Waals surface area (Å²) in [6, 6.07) is 2.26. The van der Waals surface area contributed by atoms with Gasteiger partial charge in [-0.15, -0.1) is 0 Å². The van der Waals surface area contributed by atoms with E-state index in [1.165, 1.54) is 17.0 Å². The van der Waals surface area contributed by atoms with E-state index >= 15 is 0 Å². The van der Waals surface area contributed by atoms with Gasteiger partial charge in [0.1, 0.15) is 23.9 Å². The van der Waals surface area contributed by atoms with Crippen molar-refractivity contribution in [1.29, 1.82) is 0 Å². The Labute approximate surface area is 204 Å². The second kappa shape index (κ2) is 12.6. The van der Waals surface area contributed by atoms with Crippen molar-refractivity contribution < 1.29 is 29.4 Å². The van der Waals surface area contributed by atoms with Crippen LogP contribution in [0.2, 0.25) is 0 Å². The number of carboxylic acid groups (broad SMARTS) is 1. The molecule has 0 bridgehead atoms. The van der Waals surface area contributed by atoms with Crippen molar-refractivity contribution in [3.8, 4) is 5.75 Å². The summed E-state index contributed by atoms with van der Waals surface area (Å²) in [5.41, 5.74) is 6.42. The molecule has 0 aromatic heterocycles. The largest absolute Gasteiger partial charge is 0.508 e. The van der Waals surface area contributed by atoms with Crippen LogP contribution in [-0.2, 0) is 25.6 Å². The molecule has 0 spiro atoms. The van der Waals surface area contributed by atoms with Crippen LogP contribution in [0.15, 0.2) is 24.3 Å². The van der Waals surface area contributed by atoms with E-state index in [1.807, 2.05) is 6.92 Å². The van der Waals surface area contributed by atoms with E-state index in [0.717, 1.165) is 0 Å². The Morgan fingerprint density at radius 3 is 2.41 bits per heavy atom. The molecular weight excluding hydrogens is 460 g/mol. The number of hydrogen-bond donors (Lipinski definition) is 6. The highest BCUT2D eigenvalue weighted by Crippen LogP contribution is 2.20. The van der Waals surface area contributed by atoms with Gasteiger partial charge in [-0.05, 0) is 36.5 Å². The molecule has 0 radical (unpaired) electrons. The van der Waals surface area contributed by atoms with Crippen LogP contribution in [0.5, 0.6) is 5.75 Å². The van der Waals surface area contributed by atoms with E-state index < -0.39 is 42.0 Å². The first-order valence-electron chi connectivity index (χ1n) is 11.4. The van der Waals surface area contributed by atoms with Gasteiger partial charge in [-0.25, -0.2) is 4.79 Å². The van der Waals surface area contributed by atoms with Crippen LogP contribution in [0, 0.1) is 5.92 Å². The third-order valence-corrected chi connectivity index (χ3v) is 6.53. The molecular formula is C23H34N4O6S. The third-order valence-electron chi connectivity index (χ3n) is 6.14. The lowest BCUT2D eigenvalue weighted by atomic mass is 9.96. The van der Waals surface area contributed by atoms with Crippen molar-refractivity contribution in [3.63, 3.8) is 0 Å². The molecule has 1 aliphatic rings. The van der Waals surface area contributed by atoms with E-state index in [9.17, 15) is 29.4 Å². The van der Waals surface area contributed by atoms with Gasteiger partial charge in [0.15, 0.2) is 0 Å². The highest BCUT2D eigenvalue weighted by molar-refractivity contribution is 7.80. The highest BCUT2D eigenvalue weighted by atomic mass is 32.1. The van der Waals surface area contributed by atoms with Gasteiger partial charge in [-0.3, -0.25) is 14.4 Å². The molecule has 11 heteroatoms. The van der Waals surface area contributed by atoms with Gasteiger partial charge in [0, 0.05) is 18.7 Å². The number of carboxylic acids is 1. The number of aromatic hydroxyl groups is 1. The van der Waals surface area contributed by atoms with E-state index in [-0.39, 0.29) is 29.7 Å². The number of phenols is 1. The van der Waals surface area contributed by atoms with Gasteiger partial charge in [-0.1, -0.05) is 32.4 Å². The first-order valence-corrected chi connectivity index (χ1v) is 12.0. The summed E-state index contributed by atoms with van der Waals surface area (Å²) < 4.78 is 0. The number of nitrogens with two attached hydrogens (primary N) is 1. The zero-order chi connectivity index (χ0) is 25.4. The van der Waals surface area contributed by atoms with Crippen molar-refractivity contribution in [2.45, 2.75) is 63.7 Å². The van der Waals surface area contributed by atoms with Crippen molar-refractivity contribution in [1.82, 2.24) is 15.5 Å². The van der Waals surface area contributed by atoms with Crippen LogP contribution in [0.4, 0.5) is 0 Å². The number of amides is 3. The molecule has 5 unspecified atom stereocenters. The van der Waals surface area contributed by atoms with Crippen LogP contribution in [-0.4, -0.2) is 75.3 Å². The first kappa shape index (κ1) is 27.5. The predicted molar refractivity (Wildman–Crippen MR) is 129 cm³/mol.